The van der Waals surface area contributed by atoms with E-state index in [2.05, 4.69) is 20.7 Å². The molecule has 0 aliphatic carbocycles. The van der Waals surface area contributed by atoms with Crippen molar-refractivity contribution in [3.05, 3.63) is 66.4 Å². The van der Waals surface area contributed by atoms with Crippen LogP contribution in [0.1, 0.15) is 5.56 Å². The Hall–Kier alpha value is -3.61. The Kier molecular flexibility index (Phi) is 4.34. The predicted octanol–water partition coefficient (Wildman–Crippen LogP) is 2.37. The van der Waals surface area contributed by atoms with Gasteiger partial charge in [0.1, 0.15) is 6.61 Å². The lowest BCUT2D eigenvalue weighted by Gasteiger charge is -2.24. The van der Waals surface area contributed by atoms with Gasteiger partial charge in [0.25, 0.3) is 5.91 Å². The van der Waals surface area contributed by atoms with Crippen LogP contribution in [0.3, 0.4) is 0 Å². The molecule has 1 aliphatic rings. The first kappa shape index (κ1) is 15.9. The maximum atomic E-state index is 12.2. The third-order valence-corrected chi connectivity index (χ3v) is 3.91. The summed E-state index contributed by atoms with van der Waals surface area (Å²) in [4.78, 5) is 12.2. The molecule has 130 valence electrons. The summed E-state index contributed by atoms with van der Waals surface area (Å²) in [5.41, 5.74) is 5.06. The van der Waals surface area contributed by atoms with Crippen LogP contribution in [0.4, 0.5) is 0 Å². The van der Waals surface area contributed by atoms with Gasteiger partial charge in [-0.1, -0.05) is 42.5 Å². The number of hydrogen-bond acceptors (Lipinski definition) is 5. The molecule has 0 saturated carbocycles. The lowest BCUT2D eigenvalue weighted by molar-refractivity contribution is -0.130. The molecule has 0 radical (unpaired) electrons. The molecule has 1 aliphatic heterocycles. The van der Waals surface area contributed by atoms with Crippen LogP contribution in [0.5, 0.6) is 11.5 Å². The average Bonchev–Trinajstić information content (AvgIpc) is 3.17. The van der Waals surface area contributed by atoms with Crippen molar-refractivity contribution in [2.45, 2.75) is 6.10 Å². The first-order valence-corrected chi connectivity index (χ1v) is 8.11. The van der Waals surface area contributed by atoms with Gasteiger partial charge in [0.05, 0.1) is 18.1 Å². The molecule has 0 bridgehead atoms. The van der Waals surface area contributed by atoms with E-state index < -0.39 is 6.10 Å². The van der Waals surface area contributed by atoms with Crippen LogP contribution in [0.2, 0.25) is 0 Å². The number of aromatic amines is 1. The molecule has 7 nitrogen and oxygen atoms in total. The minimum atomic E-state index is -0.750. The fourth-order valence-electron chi connectivity index (χ4n) is 2.62. The Bertz CT molecular complexity index is 937. The predicted molar refractivity (Wildman–Crippen MR) is 96.1 cm³/mol. The lowest BCUT2D eigenvalue weighted by atomic mass is 10.1. The number of carbonyl (C=O) groups is 1. The fourth-order valence-corrected chi connectivity index (χ4v) is 2.62. The Balaban J connectivity index is 1.41. The van der Waals surface area contributed by atoms with Crippen LogP contribution in [-0.2, 0) is 4.79 Å². The zero-order valence-corrected chi connectivity index (χ0v) is 13.8. The van der Waals surface area contributed by atoms with Crippen molar-refractivity contribution in [3.63, 3.8) is 0 Å². The van der Waals surface area contributed by atoms with Gasteiger partial charge in [-0.15, -0.1) is 0 Å². The van der Waals surface area contributed by atoms with Crippen molar-refractivity contribution in [2.75, 3.05) is 6.61 Å². The molecule has 3 aromatic rings. The third-order valence-electron chi connectivity index (χ3n) is 3.91. The Morgan fingerprint density at radius 1 is 1.15 bits per heavy atom. The molecule has 1 amide bonds. The molecule has 1 aromatic heterocycles. The smallest absolute Gasteiger partial charge is 0.284 e. The van der Waals surface area contributed by atoms with E-state index in [-0.39, 0.29) is 12.5 Å². The summed E-state index contributed by atoms with van der Waals surface area (Å²) in [6.07, 6.45) is 2.44. The third kappa shape index (κ3) is 3.27. The molecule has 0 saturated heterocycles. The largest absolute Gasteiger partial charge is 0.485 e. The molecular formula is C19H16N4O3. The van der Waals surface area contributed by atoms with Crippen LogP contribution in [0.25, 0.3) is 11.3 Å². The summed E-state index contributed by atoms with van der Waals surface area (Å²) in [6, 6.07) is 17.0. The van der Waals surface area contributed by atoms with Gasteiger partial charge in [0, 0.05) is 11.1 Å². The van der Waals surface area contributed by atoms with E-state index in [0.29, 0.717) is 11.5 Å². The second kappa shape index (κ2) is 7.10. The summed E-state index contributed by atoms with van der Waals surface area (Å²) in [5, 5.41) is 11.0. The molecule has 0 spiro atoms. The van der Waals surface area contributed by atoms with Gasteiger partial charge in [-0.25, -0.2) is 5.43 Å². The quantitative estimate of drug-likeness (QED) is 0.560. The zero-order valence-electron chi connectivity index (χ0n) is 13.8. The van der Waals surface area contributed by atoms with Crippen LogP contribution in [0.15, 0.2) is 65.9 Å². The van der Waals surface area contributed by atoms with Gasteiger partial charge in [0.15, 0.2) is 11.5 Å². The normalized spacial score (nSPS) is 15.8. The maximum Gasteiger partial charge on any atom is 0.284 e. The van der Waals surface area contributed by atoms with E-state index in [9.17, 15) is 4.79 Å². The minimum absolute atomic E-state index is 0.138. The summed E-state index contributed by atoms with van der Waals surface area (Å²) in [7, 11) is 0. The van der Waals surface area contributed by atoms with Gasteiger partial charge >= 0.3 is 0 Å². The number of para-hydroxylation sites is 2. The Labute approximate surface area is 149 Å². The Morgan fingerprint density at radius 2 is 1.92 bits per heavy atom. The number of benzene rings is 2. The number of H-pyrrole nitrogens is 1. The number of nitrogens with one attached hydrogen (secondary N) is 2. The number of hydrogen-bond donors (Lipinski definition) is 2. The lowest BCUT2D eigenvalue weighted by Crippen LogP contribution is -2.42. The van der Waals surface area contributed by atoms with Crippen molar-refractivity contribution < 1.29 is 14.3 Å². The van der Waals surface area contributed by atoms with Crippen molar-refractivity contribution in [3.8, 4) is 22.8 Å². The van der Waals surface area contributed by atoms with Crippen molar-refractivity contribution in [2.24, 2.45) is 5.10 Å². The first-order valence-electron chi connectivity index (χ1n) is 8.11. The minimum Gasteiger partial charge on any atom is -0.485 e. The number of hydrazone groups is 1. The van der Waals surface area contributed by atoms with Gasteiger partial charge in [0.2, 0.25) is 6.10 Å². The number of carbonyl (C=O) groups excluding carboxylic acids is 1. The summed E-state index contributed by atoms with van der Waals surface area (Å²) >= 11 is 0. The molecule has 2 N–H and O–H groups in total. The number of nitrogens with zero attached hydrogens (tertiary/aromatic N) is 2. The highest BCUT2D eigenvalue weighted by molar-refractivity contribution is 5.90. The highest BCUT2D eigenvalue weighted by atomic mass is 16.6. The molecule has 4 rings (SSSR count). The zero-order chi connectivity index (χ0) is 17.8. The van der Waals surface area contributed by atoms with E-state index in [1.54, 1.807) is 24.5 Å². The molecule has 0 fully saturated rings. The maximum absolute atomic E-state index is 12.2. The molecule has 1 atom stereocenters. The van der Waals surface area contributed by atoms with E-state index in [4.69, 9.17) is 9.47 Å². The topological polar surface area (TPSA) is 88.6 Å². The van der Waals surface area contributed by atoms with E-state index in [1.165, 1.54) is 0 Å². The summed E-state index contributed by atoms with van der Waals surface area (Å²) in [5.74, 6) is 0.801. The Morgan fingerprint density at radius 3 is 2.77 bits per heavy atom. The molecular weight excluding hydrogens is 332 g/mol. The molecule has 26 heavy (non-hydrogen) atoms. The highest BCUT2D eigenvalue weighted by Gasteiger charge is 2.27. The van der Waals surface area contributed by atoms with Gasteiger partial charge in [-0.3, -0.25) is 9.89 Å². The second-order valence-corrected chi connectivity index (χ2v) is 5.66. The molecule has 2 aromatic carbocycles. The monoisotopic (exact) mass is 348 g/mol. The van der Waals surface area contributed by atoms with Crippen LogP contribution in [0, 0.1) is 0 Å². The van der Waals surface area contributed by atoms with Gasteiger partial charge in [-0.05, 0) is 12.1 Å². The van der Waals surface area contributed by atoms with E-state index in [0.717, 1.165) is 16.8 Å². The number of aromatic nitrogens is 2. The fraction of sp³-hybridized carbons (Fsp3) is 0.105. The molecule has 7 heteroatoms. The second-order valence-electron chi connectivity index (χ2n) is 5.66. The van der Waals surface area contributed by atoms with Gasteiger partial charge in [-0.2, -0.15) is 10.2 Å². The van der Waals surface area contributed by atoms with Crippen molar-refractivity contribution >= 4 is 12.1 Å². The molecule has 0 unspecified atom stereocenters. The standard InChI is InChI=1S/C19H16N4O3/c24-19(17-12-25-15-8-4-5-9-16(15)26-17)23-21-11-14-10-20-22-18(14)13-6-2-1-3-7-13/h1-11,17H,12H2,(H,20,22)(H,23,24)/b21-11+/t17-/m0/s1. The van der Waals surface area contributed by atoms with Crippen molar-refractivity contribution in [1.82, 2.24) is 15.6 Å². The average molecular weight is 348 g/mol. The van der Waals surface area contributed by atoms with Gasteiger partial charge < -0.3 is 9.47 Å². The van der Waals surface area contributed by atoms with Crippen LogP contribution >= 0.6 is 0 Å². The number of fused-ring (bicyclic) bond motifs is 1. The van der Waals surface area contributed by atoms with Crippen LogP contribution in [-0.4, -0.2) is 35.0 Å². The number of amides is 1. The summed E-state index contributed by atoms with van der Waals surface area (Å²) in [6.45, 7) is 0.138. The highest BCUT2D eigenvalue weighted by Crippen LogP contribution is 2.30. The number of ether oxygens (including phenoxy) is 2. The SMILES string of the molecule is O=C(N/N=C/c1cn[nH]c1-c1ccccc1)[C@@H]1COc2ccccc2O1. The van der Waals surface area contributed by atoms with Crippen molar-refractivity contribution in [1.29, 1.82) is 0 Å². The summed E-state index contributed by atoms with van der Waals surface area (Å²) < 4.78 is 11.2. The van der Waals surface area contributed by atoms with E-state index >= 15 is 0 Å². The van der Waals surface area contributed by atoms with Crippen LogP contribution < -0.4 is 14.9 Å². The van der Waals surface area contributed by atoms with E-state index in [1.807, 2.05) is 42.5 Å². The number of rotatable bonds is 4. The molecule has 2 heterocycles. The first-order chi connectivity index (χ1) is 12.8.